The smallest absolute Gasteiger partial charge is 0.268 e. The zero-order valence-electron chi connectivity index (χ0n) is 19.1. The van der Waals surface area contributed by atoms with Crippen molar-refractivity contribution in [2.75, 3.05) is 18.1 Å². The highest BCUT2D eigenvalue weighted by Crippen LogP contribution is 2.32. The molecule has 3 amide bonds. The Morgan fingerprint density at radius 3 is 2.56 bits per heavy atom. The van der Waals surface area contributed by atoms with Gasteiger partial charge in [0.15, 0.2) is 0 Å². The van der Waals surface area contributed by atoms with E-state index in [-0.39, 0.29) is 23.8 Å². The topological polar surface area (TPSA) is 83.4 Å². The molecule has 0 saturated carbocycles. The number of nitrogens with one attached hydrogen (secondary N) is 2. The second kappa shape index (κ2) is 9.02. The van der Waals surface area contributed by atoms with Gasteiger partial charge in [-0.1, -0.05) is 18.2 Å². The standard InChI is InChI=1S/C26H26N4O3S/c1-29-12-3-4-22(29)24(31)27-18-11-13-30-23(15-18)25(32)28-21-10-7-17(14-20(21)26(30)33)16-5-8-19(34-2)9-6-16/h3-10,12,14,18,23H,11,13,15H2,1-2H3,(H,27,31)(H,28,32). The number of nitrogens with zero attached hydrogens (tertiary/aromatic N) is 2. The molecule has 174 valence electrons. The number of piperidine rings is 1. The molecule has 0 radical (unpaired) electrons. The van der Waals surface area contributed by atoms with Gasteiger partial charge in [-0.25, -0.2) is 0 Å². The second-order valence-electron chi connectivity index (χ2n) is 8.69. The molecule has 0 aliphatic carbocycles. The monoisotopic (exact) mass is 474 g/mol. The lowest BCUT2D eigenvalue weighted by Gasteiger charge is -2.37. The summed E-state index contributed by atoms with van der Waals surface area (Å²) in [5, 5.41) is 5.97. The van der Waals surface area contributed by atoms with Gasteiger partial charge in [0, 0.05) is 30.7 Å². The third-order valence-corrected chi connectivity index (χ3v) is 7.35. The van der Waals surface area contributed by atoms with Crippen molar-refractivity contribution in [1.82, 2.24) is 14.8 Å². The van der Waals surface area contributed by atoms with Crippen LogP contribution in [0.1, 0.15) is 33.7 Å². The zero-order valence-corrected chi connectivity index (χ0v) is 19.9. The predicted octanol–water partition coefficient (Wildman–Crippen LogP) is 3.77. The summed E-state index contributed by atoms with van der Waals surface area (Å²) >= 11 is 1.68. The molecular formula is C26H26N4O3S. The molecule has 0 bridgehead atoms. The third-order valence-electron chi connectivity index (χ3n) is 6.61. The van der Waals surface area contributed by atoms with Gasteiger partial charge in [-0.15, -0.1) is 11.8 Å². The number of fused-ring (bicyclic) bond motifs is 2. The van der Waals surface area contributed by atoms with Crippen molar-refractivity contribution in [3.05, 3.63) is 72.1 Å². The fraction of sp³-hybridized carbons (Fsp3) is 0.269. The van der Waals surface area contributed by atoms with E-state index in [0.29, 0.717) is 36.3 Å². The molecule has 0 spiro atoms. The van der Waals surface area contributed by atoms with E-state index in [0.717, 1.165) is 11.1 Å². The number of carbonyl (C=O) groups is 3. The molecule has 2 N–H and O–H groups in total. The maximum atomic E-state index is 13.5. The molecule has 2 aliphatic heterocycles. The highest BCUT2D eigenvalue weighted by Gasteiger charge is 2.40. The Morgan fingerprint density at radius 1 is 1.09 bits per heavy atom. The fourth-order valence-electron chi connectivity index (χ4n) is 4.71. The van der Waals surface area contributed by atoms with Crippen molar-refractivity contribution in [1.29, 1.82) is 0 Å². The lowest BCUT2D eigenvalue weighted by molar-refractivity contribution is -0.121. The van der Waals surface area contributed by atoms with Crippen LogP contribution in [-0.4, -0.2) is 52.1 Å². The largest absolute Gasteiger partial charge is 0.348 e. The zero-order chi connectivity index (χ0) is 23.8. The van der Waals surface area contributed by atoms with Gasteiger partial charge in [0.2, 0.25) is 5.91 Å². The number of thioether (sulfide) groups is 1. The molecule has 5 rings (SSSR count). The molecule has 8 heteroatoms. The van der Waals surface area contributed by atoms with E-state index in [4.69, 9.17) is 0 Å². The number of rotatable bonds is 4. The van der Waals surface area contributed by atoms with Crippen LogP contribution in [-0.2, 0) is 11.8 Å². The van der Waals surface area contributed by atoms with Crippen molar-refractivity contribution < 1.29 is 14.4 Å². The molecular weight excluding hydrogens is 448 g/mol. The summed E-state index contributed by atoms with van der Waals surface area (Å²) in [6.07, 6.45) is 4.82. The van der Waals surface area contributed by atoms with Gasteiger partial charge in [0.1, 0.15) is 11.7 Å². The Labute approximate surface area is 202 Å². The van der Waals surface area contributed by atoms with Crippen LogP contribution in [0, 0.1) is 0 Å². The summed E-state index contributed by atoms with van der Waals surface area (Å²) < 4.78 is 1.76. The molecule has 3 aromatic rings. The van der Waals surface area contributed by atoms with Crippen LogP contribution in [0.25, 0.3) is 11.1 Å². The van der Waals surface area contributed by atoms with Crippen molar-refractivity contribution in [3.63, 3.8) is 0 Å². The van der Waals surface area contributed by atoms with Crippen LogP contribution in [0.15, 0.2) is 65.7 Å². The molecule has 2 aliphatic rings. The summed E-state index contributed by atoms with van der Waals surface area (Å²) in [5.74, 6) is -0.554. The Morgan fingerprint density at radius 2 is 1.85 bits per heavy atom. The minimum absolute atomic E-state index is 0.159. The molecule has 1 fully saturated rings. The summed E-state index contributed by atoms with van der Waals surface area (Å²) in [5.41, 5.74) is 3.53. The lowest BCUT2D eigenvalue weighted by Crippen LogP contribution is -2.55. The van der Waals surface area contributed by atoms with Crippen molar-refractivity contribution in [3.8, 4) is 11.1 Å². The first-order valence-corrected chi connectivity index (χ1v) is 12.5. The number of anilines is 1. The van der Waals surface area contributed by atoms with Crippen LogP contribution >= 0.6 is 11.8 Å². The minimum atomic E-state index is -0.628. The molecule has 3 heterocycles. The van der Waals surface area contributed by atoms with Crippen molar-refractivity contribution in [2.24, 2.45) is 7.05 Å². The Bertz CT molecular complexity index is 1270. The molecule has 1 aromatic heterocycles. The average molecular weight is 475 g/mol. The summed E-state index contributed by atoms with van der Waals surface area (Å²) in [6, 6.07) is 16.5. The lowest BCUT2D eigenvalue weighted by atomic mass is 9.95. The quantitative estimate of drug-likeness (QED) is 0.564. The van der Waals surface area contributed by atoms with Gasteiger partial charge in [-0.3, -0.25) is 14.4 Å². The van der Waals surface area contributed by atoms with Crippen LogP contribution in [0.3, 0.4) is 0 Å². The number of aryl methyl sites for hydroxylation is 1. The van der Waals surface area contributed by atoms with E-state index in [1.54, 1.807) is 33.4 Å². The molecule has 1 saturated heterocycles. The minimum Gasteiger partial charge on any atom is -0.348 e. The van der Waals surface area contributed by atoms with Crippen LogP contribution in [0.2, 0.25) is 0 Å². The highest BCUT2D eigenvalue weighted by molar-refractivity contribution is 7.98. The van der Waals surface area contributed by atoms with Gasteiger partial charge in [0.25, 0.3) is 11.8 Å². The van der Waals surface area contributed by atoms with Gasteiger partial charge in [-0.2, -0.15) is 0 Å². The fourth-order valence-corrected chi connectivity index (χ4v) is 5.12. The van der Waals surface area contributed by atoms with Gasteiger partial charge in [0.05, 0.1) is 11.3 Å². The van der Waals surface area contributed by atoms with Gasteiger partial charge in [-0.05, 0) is 66.6 Å². The number of benzene rings is 2. The number of aromatic nitrogens is 1. The first kappa shape index (κ1) is 22.3. The Kier molecular flexibility index (Phi) is 5.91. The highest BCUT2D eigenvalue weighted by atomic mass is 32.2. The SMILES string of the molecule is CSc1ccc(-c2ccc3c(c2)C(=O)N2CCC(NC(=O)c4cccn4C)CC2C(=O)N3)cc1. The average Bonchev–Trinajstić information content (AvgIpc) is 3.26. The van der Waals surface area contributed by atoms with Crippen molar-refractivity contribution in [2.45, 2.75) is 29.8 Å². The van der Waals surface area contributed by atoms with E-state index in [1.807, 2.05) is 49.8 Å². The molecule has 2 unspecified atom stereocenters. The summed E-state index contributed by atoms with van der Waals surface area (Å²) in [4.78, 5) is 42.0. The van der Waals surface area contributed by atoms with Crippen LogP contribution in [0.5, 0.6) is 0 Å². The first-order chi connectivity index (χ1) is 16.4. The first-order valence-electron chi connectivity index (χ1n) is 11.3. The van der Waals surface area contributed by atoms with E-state index in [1.165, 1.54) is 4.90 Å². The van der Waals surface area contributed by atoms with Crippen molar-refractivity contribution >= 4 is 35.2 Å². The van der Waals surface area contributed by atoms with E-state index < -0.39 is 6.04 Å². The van der Waals surface area contributed by atoms with Gasteiger partial charge < -0.3 is 20.1 Å². The maximum Gasteiger partial charge on any atom is 0.268 e. The summed E-state index contributed by atoms with van der Waals surface area (Å²) in [6.45, 7) is 0.404. The van der Waals surface area contributed by atoms with E-state index in [2.05, 4.69) is 22.8 Å². The second-order valence-corrected chi connectivity index (χ2v) is 9.57. The number of hydrogen-bond acceptors (Lipinski definition) is 4. The third kappa shape index (κ3) is 4.09. The van der Waals surface area contributed by atoms with Crippen LogP contribution < -0.4 is 10.6 Å². The molecule has 2 atom stereocenters. The normalized spacial score (nSPS) is 19.6. The molecule has 2 aromatic carbocycles. The van der Waals surface area contributed by atoms with E-state index in [9.17, 15) is 14.4 Å². The molecule has 7 nitrogen and oxygen atoms in total. The summed E-state index contributed by atoms with van der Waals surface area (Å²) in [7, 11) is 1.82. The number of carbonyl (C=O) groups excluding carboxylic acids is 3. The van der Waals surface area contributed by atoms with Gasteiger partial charge >= 0.3 is 0 Å². The van der Waals surface area contributed by atoms with E-state index >= 15 is 0 Å². The number of amides is 3. The number of hydrogen-bond donors (Lipinski definition) is 2. The van der Waals surface area contributed by atoms with Crippen LogP contribution in [0.4, 0.5) is 5.69 Å². The maximum absolute atomic E-state index is 13.5. The molecule has 34 heavy (non-hydrogen) atoms. The Balaban J connectivity index is 1.36. The Hall–Kier alpha value is -3.52. The predicted molar refractivity (Wildman–Crippen MR) is 133 cm³/mol.